The number of anilines is 1. The number of piperazine rings is 1. The van der Waals surface area contributed by atoms with E-state index in [4.69, 9.17) is 21.1 Å². The highest BCUT2D eigenvalue weighted by Gasteiger charge is 2.15. The monoisotopic (exact) mass is 359 g/mol. The molecular weight excluding hydrogens is 338 g/mol. The van der Waals surface area contributed by atoms with Crippen LogP contribution in [0.25, 0.3) is 0 Å². The largest absolute Gasteiger partial charge is 0.497 e. The molecule has 0 N–H and O–H groups in total. The van der Waals surface area contributed by atoms with E-state index < -0.39 is 0 Å². The summed E-state index contributed by atoms with van der Waals surface area (Å²) in [5, 5.41) is 7.44. The molecule has 0 saturated carbocycles. The first-order valence-corrected chi connectivity index (χ1v) is 8.59. The van der Waals surface area contributed by atoms with Crippen molar-refractivity contribution in [2.75, 3.05) is 45.3 Å². The summed E-state index contributed by atoms with van der Waals surface area (Å²) in [6.07, 6.45) is 1.84. The zero-order chi connectivity index (χ0) is 17.6. The highest BCUT2D eigenvalue weighted by Crippen LogP contribution is 2.23. The number of nitrogens with zero attached hydrogens (tertiary/aromatic N) is 3. The normalized spacial score (nSPS) is 14.8. The van der Waals surface area contributed by atoms with Crippen LogP contribution in [0.15, 0.2) is 47.6 Å². The number of hydrogen-bond donors (Lipinski definition) is 0. The van der Waals surface area contributed by atoms with E-state index in [9.17, 15) is 0 Å². The Kier molecular flexibility index (Phi) is 5.66. The summed E-state index contributed by atoms with van der Waals surface area (Å²) in [4.78, 5) is 2.34. The van der Waals surface area contributed by atoms with Crippen molar-refractivity contribution in [1.82, 2.24) is 5.01 Å². The van der Waals surface area contributed by atoms with Crippen molar-refractivity contribution in [2.45, 2.75) is 0 Å². The summed E-state index contributed by atoms with van der Waals surface area (Å²) in [7, 11) is 3.29. The van der Waals surface area contributed by atoms with Gasteiger partial charge in [0, 0.05) is 35.4 Å². The molecule has 0 amide bonds. The summed E-state index contributed by atoms with van der Waals surface area (Å²) in [6, 6.07) is 13.7. The van der Waals surface area contributed by atoms with Crippen LogP contribution >= 0.6 is 11.6 Å². The van der Waals surface area contributed by atoms with Gasteiger partial charge in [0.05, 0.1) is 33.5 Å². The standard InChI is InChI=1S/C19H22ClN3O2/c1-24-18-8-3-15(19(13-18)25-2)14-21-23-11-9-22(10-12-23)17-6-4-16(20)5-7-17/h3-8,13-14H,9-12H2,1-2H3. The fraction of sp³-hybridized carbons (Fsp3) is 0.316. The van der Waals surface area contributed by atoms with E-state index in [1.165, 1.54) is 5.69 Å². The maximum absolute atomic E-state index is 5.95. The van der Waals surface area contributed by atoms with Gasteiger partial charge in [0.15, 0.2) is 0 Å². The van der Waals surface area contributed by atoms with Crippen molar-refractivity contribution in [2.24, 2.45) is 5.10 Å². The van der Waals surface area contributed by atoms with E-state index in [1.807, 2.05) is 36.5 Å². The first kappa shape index (κ1) is 17.4. The Balaban J connectivity index is 1.60. The molecule has 1 heterocycles. The molecule has 0 aromatic heterocycles. The third kappa shape index (κ3) is 4.37. The van der Waals surface area contributed by atoms with E-state index in [0.717, 1.165) is 48.3 Å². The number of methoxy groups -OCH3 is 2. The molecule has 6 heteroatoms. The van der Waals surface area contributed by atoms with Crippen LogP contribution in [0.3, 0.4) is 0 Å². The lowest BCUT2D eigenvalue weighted by molar-refractivity contribution is 0.272. The van der Waals surface area contributed by atoms with Gasteiger partial charge < -0.3 is 14.4 Å². The molecular formula is C19H22ClN3O2. The van der Waals surface area contributed by atoms with Crippen molar-refractivity contribution in [3.63, 3.8) is 0 Å². The van der Waals surface area contributed by atoms with Gasteiger partial charge in [-0.3, -0.25) is 5.01 Å². The number of ether oxygens (including phenoxy) is 2. The highest BCUT2D eigenvalue weighted by atomic mass is 35.5. The van der Waals surface area contributed by atoms with Crippen molar-refractivity contribution in [3.8, 4) is 11.5 Å². The minimum Gasteiger partial charge on any atom is -0.497 e. The van der Waals surface area contributed by atoms with Crippen LogP contribution in [0.2, 0.25) is 5.02 Å². The Bertz CT molecular complexity index is 726. The lowest BCUT2D eigenvalue weighted by Gasteiger charge is -2.34. The summed E-state index contributed by atoms with van der Waals surface area (Å²) >= 11 is 5.95. The third-order valence-corrected chi connectivity index (χ3v) is 4.50. The van der Waals surface area contributed by atoms with Gasteiger partial charge in [-0.15, -0.1) is 0 Å². The molecule has 0 aliphatic carbocycles. The Morgan fingerprint density at radius 3 is 2.32 bits per heavy atom. The van der Waals surface area contributed by atoms with Gasteiger partial charge in [0.25, 0.3) is 0 Å². The average Bonchev–Trinajstić information content (AvgIpc) is 2.67. The fourth-order valence-electron chi connectivity index (χ4n) is 2.79. The smallest absolute Gasteiger partial charge is 0.131 e. The first-order valence-electron chi connectivity index (χ1n) is 8.21. The Hall–Kier alpha value is -2.40. The van der Waals surface area contributed by atoms with Crippen LogP contribution in [-0.2, 0) is 0 Å². The van der Waals surface area contributed by atoms with Crippen molar-refractivity contribution < 1.29 is 9.47 Å². The molecule has 5 nitrogen and oxygen atoms in total. The molecule has 1 aliphatic heterocycles. The summed E-state index contributed by atoms with van der Waals surface area (Å²) < 4.78 is 10.6. The van der Waals surface area contributed by atoms with Gasteiger partial charge in [0.1, 0.15) is 11.5 Å². The Morgan fingerprint density at radius 1 is 0.960 bits per heavy atom. The Morgan fingerprint density at radius 2 is 1.68 bits per heavy atom. The van der Waals surface area contributed by atoms with Gasteiger partial charge in [-0.1, -0.05) is 11.6 Å². The lowest BCUT2D eigenvalue weighted by Crippen LogP contribution is -2.44. The number of halogens is 1. The van der Waals surface area contributed by atoms with Gasteiger partial charge >= 0.3 is 0 Å². The number of rotatable bonds is 5. The summed E-state index contributed by atoms with van der Waals surface area (Å²) in [5.74, 6) is 1.52. The quantitative estimate of drug-likeness (QED) is 0.765. The molecule has 0 atom stereocenters. The van der Waals surface area contributed by atoms with Crippen LogP contribution in [0.5, 0.6) is 11.5 Å². The zero-order valence-electron chi connectivity index (χ0n) is 14.5. The fourth-order valence-corrected chi connectivity index (χ4v) is 2.92. The average molecular weight is 360 g/mol. The van der Waals surface area contributed by atoms with Crippen molar-refractivity contribution >= 4 is 23.5 Å². The maximum Gasteiger partial charge on any atom is 0.131 e. The van der Waals surface area contributed by atoms with E-state index in [-0.39, 0.29) is 0 Å². The molecule has 0 bridgehead atoms. The van der Waals surface area contributed by atoms with E-state index in [1.54, 1.807) is 14.2 Å². The molecule has 3 rings (SSSR count). The van der Waals surface area contributed by atoms with Crippen LogP contribution in [0.1, 0.15) is 5.56 Å². The van der Waals surface area contributed by atoms with Gasteiger partial charge in [-0.2, -0.15) is 5.10 Å². The van der Waals surface area contributed by atoms with Crippen molar-refractivity contribution in [3.05, 3.63) is 53.1 Å². The highest BCUT2D eigenvalue weighted by molar-refractivity contribution is 6.30. The van der Waals surface area contributed by atoms with Crippen LogP contribution in [-0.4, -0.2) is 51.6 Å². The number of hydrazone groups is 1. The van der Waals surface area contributed by atoms with Crippen LogP contribution < -0.4 is 14.4 Å². The van der Waals surface area contributed by atoms with Gasteiger partial charge in [0.2, 0.25) is 0 Å². The lowest BCUT2D eigenvalue weighted by atomic mass is 10.2. The van der Waals surface area contributed by atoms with Crippen molar-refractivity contribution in [1.29, 1.82) is 0 Å². The molecule has 0 unspecified atom stereocenters. The first-order chi connectivity index (χ1) is 12.2. The molecule has 2 aromatic carbocycles. The molecule has 1 saturated heterocycles. The SMILES string of the molecule is COc1ccc(C=NN2CCN(c3ccc(Cl)cc3)CC2)c(OC)c1. The van der Waals surface area contributed by atoms with Gasteiger partial charge in [-0.25, -0.2) is 0 Å². The number of benzene rings is 2. The third-order valence-electron chi connectivity index (χ3n) is 4.25. The molecule has 0 spiro atoms. The maximum atomic E-state index is 5.95. The second kappa shape index (κ2) is 8.12. The number of hydrogen-bond acceptors (Lipinski definition) is 5. The molecule has 1 aliphatic rings. The topological polar surface area (TPSA) is 37.3 Å². The Labute approximate surface area is 153 Å². The van der Waals surface area contributed by atoms with Gasteiger partial charge in [-0.05, 0) is 36.4 Å². The molecule has 25 heavy (non-hydrogen) atoms. The summed E-state index contributed by atoms with van der Waals surface area (Å²) in [6.45, 7) is 3.60. The second-order valence-electron chi connectivity index (χ2n) is 5.77. The minimum atomic E-state index is 0.753. The molecule has 132 valence electrons. The predicted octanol–water partition coefficient (Wildman–Crippen LogP) is 3.51. The predicted molar refractivity (Wildman–Crippen MR) is 102 cm³/mol. The van der Waals surface area contributed by atoms with Crippen LogP contribution in [0.4, 0.5) is 5.69 Å². The zero-order valence-corrected chi connectivity index (χ0v) is 15.2. The summed E-state index contributed by atoms with van der Waals surface area (Å²) in [5.41, 5.74) is 2.13. The minimum absolute atomic E-state index is 0.753. The molecule has 2 aromatic rings. The molecule has 1 fully saturated rings. The van der Waals surface area contributed by atoms with E-state index in [0.29, 0.717) is 0 Å². The van der Waals surface area contributed by atoms with E-state index in [2.05, 4.69) is 27.1 Å². The van der Waals surface area contributed by atoms with E-state index >= 15 is 0 Å². The molecule has 0 radical (unpaired) electrons. The second-order valence-corrected chi connectivity index (χ2v) is 6.21. The van der Waals surface area contributed by atoms with Crippen LogP contribution in [0, 0.1) is 0 Å².